The van der Waals surface area contributed by atoms with Gasteiger partial charge < -0.3 is 9.80 Å². The third-order valence-electron chi connectivity index (χ3n) is 2.91. The van der Waals surface area contributed by atoms with Gasteiger partial charge in [-0.05, 0) is 18.2 Å². The molecule has 0 aromatic heterocycles. The van der Waals surface area contributed by atoms with Gasteiger partial charge in [-0.3, -0.25) is 9.59 Å². The number of amides is 2. The number of carbonyl (C=O) groups is 2. The molecular formula is C12H12BrFN2O2. The van der Waals surface area contributed by atoms with Crippen LogP contribution in [-0.2, 0) is 4.79 Å². The van der Waals surface area contributed by atoms with Gasteiger partial charge in [0.2, 0.25) is 6.41 Å². The molecule has 0 atom stereocenters. The van der Waals surface area contributed by atoms with Crippen LogP contribution in [0.3, 0.4) is 0 Å². The molecule has 0 saturated carbocycles. The van der Waals surface area contributed by atoms with Crippen LogP contribution in [-0.4, -0.2) is 48.3 Å². The van der Waals surface area contributed by atoms with E-state index in [9.17, 15) is 14.0 Å². The van der Waals surface area contributed by atoms with E-state index in [4.69, 9.17) is 0 Å². The molecule has 1 fully saturated rings. The second kappa shape index (κ2) is 5.48. The van der Waals surface area contributed by atoms with E-state index in [2.05, 4.69) is 15.9 Å². The quantitative estimate of drug-likeness (QED) is 0.776. The number of rotatable bonds is 2. The lowest BCUT2D eigenvalue weighted by Gasteiger charge is -2.32. The summed E-state index contributed by atoms with van der Waals surface area (Å²) < 4.78 is 14.2. The summed E-state index contributed by atoms with van der Waals surface area (Å²) in [6.45, 7) is 1.85. The molecule has 96 valence electrons. The maximum Gasteiger partial charge on any atom is 0.256 e. The van der Waals surface area contributed by atoms with Gasteiger partial charge in [-0.1, -0.05) is 15.9 Å². The highest BCUT2D eigenvalue weighted by atomic mass is 79.9. The zero-order chi connectivity index (χ0) is 13.1. The van der Waals surface area contributed by atoms with E-state index in [1.165, 1.54) is 12.1 Å². The first-order valence-corrected chi connectivity index (χ1v) is 6.35. The molecule has 1 aromatic rings. The number of halogens is 2. The van der Waals surface area contributed by atoms with E-state index in [0.717, 1.165) is 6.41 Å². The fourth-order valence-electron chi connectivity index (χ4n) is 1.86. The van der Waals surface area contributed by atoms with Crippen molar-refractivity contribution in [3.05, 3.63) is 34.1 Å². The second-order valence-electron chi connectivity index (χ2n) is 4.06. The molecule has 1 heterocycles. The summed E-state index contributed by atoms with van der Waals surface area (Å²) in [7, 11) is 0. The van der Waals surface area contributed by atoms with E-state index in [-0.39, 0.29) is 11.5 Å². The van der Waals surface area contributed by atoms with Crippen LogP contribution in [0.25, 0.3) is 0 Å². The molecule has 6 heteroatoms. The second-order valence-corrected chi connectivity index (χ2v) is 4.97. The van der Waals surface area contributed by atoms with E-state index in [0.29, 0.717) is 30.7 Å². The van der Waals surface area contributed by atoms with Crippen LogP contribution in [0.2, 0.25) is 0 Å². The first-order chi connectivity index (χ1) is 8.61. The Bertz CT molecular complexity index is 473. The SMILES string of the molecule is O=CN1CCN(C(=O)c2cc(Br)ccc2F)CC1. The molecule has 1 saturated heterocycles. The molecule has 0 spiro atoms. The van der Waals surface area contributed by atoms with Gasteiger partial charge in [0.05, 0.1) is 5.56 Å². The molecule has 0 N–H and O–H groups in total. The number of hydrogen-bond acceptors (Lipinski definition) is 2. The Morgan fingerprint density at radius 3 is 2.56 bits per heavy atom. The van der Waals surface area contributed by atoms with Crippen LogP contribution in [0, 0.1) is 5.82 Å². The molecule has 0 bridgehead atoms. The van der Waals surface area contributed by atoms with Gasteiger partial charge in [-0.15, -0.1) is 0 Å². The first-order valence-electron chi connectivity index (χ1n) is 5.55. The van der Waals surface area contributed by atoms with Crippen molar-refractivity contribution < 1.29 is 14.0 Å². The number of benzene rings is 1. The van der Waals surface area contributed by atoms with Crippen LogP contribution < -0.4 is 0 Å². The zero-order valence-corrected chi connectivity index (χ0v) is 11.2. The van der Waals surface area contributed by atoms with E-state index >= 15 is 0 Å². The summed E-state index contributed by atoms with van der Waals surface area (Å²) in [6.07, 6.45) is 0.765. The van der Waals surface area contributed by atoms with Gasteiger partial charge >= 0.3 is 0 Å². The maximum absolute atomic E-state index is 13.6. The van der Waals surface area contributed by atoms with E-state index in [1.54, 1.807) is 15.9 Å². The van der Waals surface area contributed by atoms with Crippen LogP contribution in [0.5, 0.6) is 0 Å². The molecule has 1 aromatic carbocycles. The minimum atomic E-state index is -0.527. The molecule has 4 nitrogen and oxygen atoms in total. The Labute approximate surface area is 112 Å². The predicted molar refractivity (Wildman–Crippen MR) is 67.6 cm³/mol. The Hall–Kier alpha value is -1.43. The molecule has 18 heavy (non-hydrogen) atoms. The molecule has 0 radical (unpaired) electrons. The summed E-state index contributed by atoms with van der Waals surface area (Å²) in [6, 6.07) is 4.29. The molecular weight excluding hydrogens is 303 g/mol. The van der Waals surface area contributed by atoms with Gasteiger partial charge in [0.1, 0.15) is 5.82 Å². The van der Waals surface area contributed by atoms with Crippen molar-refractivity contribution in [1.29, 1.82) is 0 Å². The van der Waals surface area contributed by atoms with E-state index in [1.807, 2.05) is 0 Å². The summed E-state index contributed by atoms with van der Waals surface area (Å²) in [5.41, 5.74) is 0.0592. The standard InChI is InChI=1S/C12H12BrFN2O2/c13-9-1-2-11(14)10(7-9)12(18)16-5-3-15(8-17)4-6-16/h1-2,7-8H,3-6H2. The van der Waals surface area contributed by atoms with Crippen molar-refractivity contribution in [2.45, 2.75) is 0 Å². The normalized spacial score (nSPS) is 15.7. The monoisotopic (exact) mass is 314 g/mol. The summed E-state index contributed by atoms with van der Waals surface area (Å²) in [5, 5.41) is 0. The minimum absolute atomic E-state index is 0.0592. The van der Waals surface area contributed by atoms with Crippen molar-refractivity contribution in [2.24, 2.45) is 0 Å². The lowest BCUT2D eigenvalue weighted by molar-refractivity contribution is -0.119. The van der Waals surface area contributed by atoms with Gasteiger partial charge in [0.25, 0.3) is 5.91 Å². The Morgan fingerprint density at radius 2 is 1.94 bits per heavy atom. The Balaban J connectivity index is 2.12. The molecule has 0 unspecified atom stereocenters. The smallest absolute Gasteiger partial charge is 0.256 e. The average Bonchev–Trinajstić information content (AvgIpc) is 2.41. The topological polar surface area (TPSA) is 40.6 Å². The van der Waals surface area contributed by atoms with Crippen LogP contribution in [0.15, 0.2) is 22.7 Å². The number of piperazine rings is 1. The molecule has 1 aliphatic heterocycles. The number of nitrogens with zero attached hydrogens (tertiary/aromatic N) is 2. The Morgan fingerprint density at radius 1 is 1.28 bits per heavy atom. The minimum Gasteiger partial charge on any atom is -0.342 e. The van der Waals surface area contributed by atoms with Crippen LogP contribution in [0.4, 0.5) is 4.39 Å². The molecule has 1 aliphatic rings. The molecule has 2 rings (SSSR count). The first kappa shape index (κ1) is 13.0. The lowest BCUT2D eigenvalue weighted by Crippen LogP contribution is -2.48. The third-order valence-corrected chi connectivity index (χ3v) is 3.40. The van der Waals surface area contributed by atoms with Gasteiger partial charge in [-0.25, -0.2) is 4.39 Å². The molecule has 0 aliphatic carbocycles. The van der Waals surface area contributed by atoms with Crippen molar-refractivity contribution in [2.75, 3.05) is 26.2 Å². The summed E-state index contributed by atoms with van der Waals surface area (Å²) in [5.74, 6) is -0.861. The number of hydrogen-bond donors (Lipinski definition) is 0. The Kier molecular flexibility index (Phi) is 3.96. The van der Waals surface area contributed by atoms with E-state index < -0.39 is 5.82 Å². The molecule has 2 amide bonds. The maximum atomic E-state index is 13.6. The highest BCUT2D eigenvalue weighted by Gasteiger charge is 2.23. The van der Waals surface area contributed by atoms with Crippen molar-refractivity contribution >= 4 is 28.2 Å². The van der Waals surface area contributed by atoms with Crippen molar-refractivity contribution in [1.82, 2.24) is 9.80 Å². The van der Waals surface area contributed by atoms with Crippen molar-refractivity contribution in [3.8, 4) is 0 Å². The third kappa shape index (κ3) is 2.69. The van der Waals surface area contributed by atoms with Crippen LogP contribution in [0.1, 0.15) is 10.4 Å². The predicted octanol–water partition coefficient (Wildman–Crippen LogP) is 1.50. The summed E-state index contributed by atoms with van der Waals surface area (Å²) >= 11 is 3.22. The fraction of sp³-hybridized carbons (Fsp3) is 0.333. The lowest BCUT2D eigenvalue weighted by atomic mass is 10.1. The highest BCUT2D eigenvalue weighted by molar-refractivity contribution is 9.10. The van der Waals surface area contributed by atoms with Gasteiger partial charge in [0.15, 0.2) is 0 Å². The highest BCUT2D eigenvalue weighted by Crippen LogP contribution is 2.18. The zero-order valence-electron chi connectivity index (χ0n) is 9.60. The van der Waals surface area contributed by atoms with Crippen LogP contribution >= 0.6 is 15.9 Å². The fourth-order valence-corrected chi connectivity index (χ4v) is 2.22. The number of carbonyl (C=O) groups excluding carboxylic acids is 2. The van der Waals surface area contributed by atoms with Gasteiger partial charge in [0, 0.05) is 30.7 Å². The van der Waals surface area contributed by atoms with Crippen molar-refractivity contribution in [3.63, 3.8) is 0 Å². The average molecular weight is 315 g/mol. The van der Waals surface area contributed by atoms with Gasteiger partial charge in [-0.2, -0.15) is 0 Å². The summed E-state index contributed by atoms with van der Waals surface area (Å²) in [4.78, 5) is 25.8. The largest absolute Gasteiger partial charge is 0.342 e.